The Morgan fingerprint density at radius 3 is 3.19 bits per heavy atom. The molecule has 5 nitrogen and oxygen atoms in total. The van der Waals surface area contributed by atoms with Crippen molar-refractivity contribution >= 4 is 17.2 Å². The molecule has 1 N–H and O–H groups in total. The first kappa shape index (κ1) is 10.8. The van der Waals surface area contributed by atoms with Crippen molar-refractivity contribution in [2.75, 3.05) is 6.54 Å². The molecule has 2 aromatic rings. The van der Waals surface area contributed by atoms with Gasteiger partial charge in [-0.1, -0.05) is 6.07 Å². The molecule has 0 saturated carbocycles. The van der Waals surface area contributed by atoms with Crippen LogP contribution < -0.4 is 5.32 Å². The maximum atomic E-state index is 11.6. The summed E-state index contributed by atoms with van der Waals surface area (Å²) in [5.74, 6) is -0.0398. The topological polar surface area (TPSA) is 59.8 Å². The number of carbonyl (C=O) groups is 1. The molecule has 2 aromatic heterocycles. The van der Waals surface area contributed by atoms with Gasteiger partial charge in [0.25, 0.3) is 5.91 Å². The van der Waals surface area contributed by atoms with Crippen LogP contribution in [0.4, 0.5) is 0 Å². The Labute approximate surface area is 97.1 Å². The van der Waals surface area contributed by atoms with Gasteiger partial charge in [-0.25, -0.2) is 9.67 Å². The number of hydrogen-bond acceptors (Lipinski definition) is 4. The van der Waals surface area contributed by atoms with Crippen molar-refractivity contribution in [3.05, 3.63) is 35.0 Å². The fourth-order valence-corrected chi connectivity index (χ4v) is 1.91. The summed E-state index contributed by atoms with van der Waals surface area (Å²) in [6.07, 6.45) is 3.12. The second-order valence-electron chi connectivity index (χ2n) is 3.41. The zero-order valence-electron chi connectivity index (χ0n) is 8.83. The first-order valence-corrected chi connectivity index (χ1v) is 5.81. The van der Waals surface area contributed by atoms with Gasteiger partial charge >= 0.3 is 0 Å². The second kappa shape index (κ2) is 4.89. The molecule has 2 heterocycles. The molecule has 1 amide bonds. The Balaban J connectivity index is 1.86. The quantitative estimate of drug-likeness (QED) is 0.871. The average molecular weight is 236 g/mol. The van der Waals surface area contributed by atoms with Gasteiger partial charge in [0.05, 0.1) is 10.9 Å². The SMILES string of the molecule is C[C@H](CNC(=O)c1cccs1)n1cncn1. The van der Waals surface area contributed by atoms with Crippen molar-refractivity contribution in [2.24, 2.45) is 0 Å². The van der Waals surface area contributed by atoms with E-state index in [0.29, 0.717) is 6.54 Å². The highest BCUT2D eigenvalue weighted by molar-refractivity contribution is 7.12. The average Bonchev–Trinajstić information content (AvgIpc) is 2.95. The minimum atomic E-state index is -0.0398. The summed E-state index contributed by atoms with van der Waals surface area (Å²) < 4.78 is 1.72. The summed E-state index contributed by atoms with van der Waals surface area (Å²) in [6.45, 7) is 2.52. The molecule has 0 spiro atoms. The van der Waals surface area contributed by atoms with E-state index in [-0.39, 0.29) is 11.9 Å². The van der Waals surface area contributed by atoms with Gasteiger partial charge in [-0.15, -0.1) is 11.3 Å². The van der Waals surface area contributed by atoms with Crippen LogP contribution in [0.2, 0.25) is 0 Å². The Kier molecular flexibility index (Phi) is 3.31. The molecule has 0 aliphatic carbocycles. The van der Waals surface area contributed by atoms with E-state index >= 15 is 0 Å². The minimum Gasteiger partial charge on any atom is -0.349 e. The predicted octanol–water partition coefficient (Wildman–Crippen LogP) is 1.33. The number of carbonyl (C=O) groups excluding carboxylic acids is 1. The largest absolute Gasteiger partial charge is 0.349 e. The van der Waals surface area contributed by atoms with Gasteiger partial charge < -0.3 is 5.32 Å². The molecule has 1 atom stereocenters. The molecule has 84 valence electrons. The number of rotatable bonds is 4. The van der Waals surface area contributed by atoms with Crippen LogP contribution in [0.5, 0.6) is 0 Å². The summed E-state index contributed by atoms with van der Waals surface area (Å²) >= 11 is 1.43. The van der Waals surface area contributed by atoms with Crippen molar-refractivity contribution in [2.45, 2.75) is 13.0 Å². The highest BCUT2D eigenvalue weighted by Gasteiger charge is 2.09. The number of nitrogens with zero attached hydrogens (tertiary/aromatic N) is 3. The number of hydrogen-bond donors (Lipinski definition) is 1. The molecule has 0 bridgehead atoms. The third-order valence-corrected chi connectivity index (χ3v) is 3.06. The van der Waals surface area contributed by atoms with E-state index in [0.717, 1.165) is 4.88 Å². The standard InChI is InChI=1S/C10H12N4OS/c1-8(14-7-11-6-13-14)5-12-10(15)9-3-2-4-16-9/h2-4,6-8H,5H2,1H3,(H,12,15)/t8-/m1/s1. The maximum Gasteiger partial charge on any atom is 0.261 e. The highest BCUT2D eigenvalue weighted by Crippen LogP contribution is 2.08. The van der Waals surface area contributed by atoms with Gasteiger partial charge in [-0.3, -0.25) is 4.79 Å². The van der Waals surface area contributed by atoms with Crippen LogP contribution in [-0.2, 0) is 0 Å². The van der Waals surface area contributed by atoms with Gasteiger partial charge in [0, 0.05) is 6.54 Å². The van der Waals surface area contributed by atoms with Crippen LogP contribution in [0.25, 0.3) is 0 Å². The third-order valence-electron chi connectivity index (χ3n) is 2.19. The van der Waals surface area contributed by atoms with Crippen LogP contribution in [0.3, 0.4) is 0 Å². The van der Waals surface area contributed by atoms with E-state index in [2.05, 4.69) is 15.4 Å². The normalized spacial score (nSPS) is 12.3. The third kappa shape index (κ3) is 2.46. The smallest absolute Gasteiger partial charge is 0.261 e. The molecule has 0 aliphatic heterocycles. The van der Waals surface area contributed by atoms with E-state index in [4.69, 9.17) is 0 Å². The summed E-state index contributed by atoms with van der Waals surface area (Å²) in [6, 6.07) is 3.77. The first-order valence-electron chi connectivity index (χ1n) is 4.93. The van der Waals surface area contributed by atoms with E-state index in [1.165, 1.54) is 17.7 Å². The number of thiophene rings is 1. The van der Waals surface area contributed by atoms with Crippen LogP contribution in [0.1, 0.15) is 22.6 Å². The fraction of sp³-hybridized carbons (Fsp3) is 0.300. The van der Waals surface area contributed by atoms with Gasteiger partial charge in [-0.05, 0) is 18.4 Å². The number of aromatic nitrogens is 3. The Hall–Kier alpha value is -1.69. The molecule has 0 fully saturated rings. The zero-order valence-corrected chi connectivity index (χ0v) is 9.65. The Morgan fingerprint density at radius 1 is 1.69 bits per heavy atom. The van der Waals surface area contributed by atoms with E-state index in [9.17, 15) is 4.79 Å². The van der Waals surface area contributed by atoms with Crippen LogP contribution in [-0.4, -0.2) is 27.2 Å². The summed E-state index contributed by atoms with van der Waals surface area (Å²) in [5, 5.41) is 8.75. The van der Waals surface area contributed by atoms with Crippen molar-refractivity contribution in [3.8, 4) is 0 Å². The van der Waals surface area contributed by atoms with Gasteiger partial charge in [0.1, 0.15) is 12.7 Å². The molecule has 16 heavy (non-hydrogen) atoms. The summed E-state index contributed by atoms with van der Waals surface area (Å²) in [5.41, 5.74) is 0. The highest BCUT2D eigenvalue weighted by atomic mass is 32.1. The van der Waals surface area contributed by atoms with Crippen molar-refractivity contribution < 1.29 is 4.79 Å². The molecule has 0 aromatic carbocycles. The molecule has 0 unspecified atom stereocenters. The van der Waals surface area contributed by atoms with Crippen LogP contribution >= 0.6 is 11.3 Å². The van der Waals surface area contributed by atoms with E-state index in [1.54, 1.807) is 17.1 Å². The predicted molar refractivity (Wildman–Crippen MR) is 61.4 cm³/mol. The summed E-state index contributed by atoms with van der Waals surface area (Å²) in [4.78, 5) is 16.2. The molecule has 0 saturated heterocycles. The molecular formula is C10H12N4OS. The van der Waals surface area contributed by atoms with Crippen molar-refractivity contribution in [1.29, 1.82) is 0 Å². The number of amides is 1. The maximum absolute atomic E-state index is 11.6. The van der Waals surface area contributed by atoms with E-state index in [1.807, 2.05) is 18.4 Å². The van der Waals surface area contributed by atoms with Crippen molar-refractivity contribution in [1.82, 2.24) is 20.1 Å². The lowest BCUT2D eigenvalue weighted by atomic mass is 10.3. The van der Waals surface area contributed by atoms with Gasteiger partial charge in [-0.2, -0.15) is 5.10 Å². The molecule has 0 aliphatic rings. The minimum absolute atomic E-state index is 0.0398. The molecular weight excluding hydrogens is 224 g/mol. The zero-order chi connectivity index (χ0) is 11.4. The monoisotopic (exact) mass is 236 g/mol. The lowest BCUT2D eigenvalue weighted by Crippen LogP contribution is -2.29. The lowest BCUT2D eigenvalue weighted by Gasteiger charge is -2.11. The Morgan fingerprint density at radius 2 is 2.56 bits per heavy atom. The van der Waals surface area contributed by atoms with Gasteiger partial charge in [0.15, 0.2) is 0 Å². The second-order valence-corrected chi connectivity index (χ2v) is 4.36. The first-order chi connectivity index (χ1) is 7.77. The lowest BCUT2D eigenvalue weighted by molar-refractivity contribution is 0.0952. The summed E-state index contributed by atoms with van der Waals surface area (Å²) in [7, 11) is 0. The van der Waals surface area contributed by atoms with E-state index < -0.39 is 0 Å². The fourth-order valence-electron chi connectivity index (χ4n) is 1.27. The van der Waals surface area contributed by atoms with Crippen molar-refractivity contribution in [3.63, 3.8) is 0 Å². The number of nitrogens with one attached hydrogen (secondary N) is 1. The molecule has 6 heteroatoms. The van der Waals surface area contributed by atoms with Gasteiger partial charge in [0.2, 0.25) is 0 Å². The Bertz CT molecular complexity index is 437. The molecule has 0 radical (unpaired) electrons. The van der Waals surface area contributed by atoms with Crippen LogP contribution in [0.15, 0.2) is 30.2 Å². The molecule has 2 rings (SSSR count). The van der Waals surface area contributed by atoms with Crippen LogP contribution in [0, 0.1) is 0 Å².